The number of hydrogen-bond donors (Lipinski definition) is 1. The van der Waals surface area contributed by atoms with Crippen LogP contribution in [0.2, 0.25) is 0 Å². The standard InChI is InChI=1S/C14H19N5S/c1-3-8-16-14-17-12(19(4-2)9-5-7-15)11-6-10-20-13(11)18-14/h6,10H,3-5,8-9H2,1-2H3,(H,16,17,18). The van der Waals surface area contributed by atoms with E-state index in [4.69, 9.17) is 5.26 Å². The van der Waals surface area contributed by atoms with E-state index in [0.29, 0.717) is 18.9 Å². The van der Waals surface area contributed by atoms with E-state index >= 15 is 0 Å². The number of rotatable bonds is 7. The zero-order valence-electron chi connectivity index (χ0n) is 11.9. The van der Waals surface area contributed by atoms with Gasteiger partial charge in [-0.1, -0.05) is 6.92 Å². The SMILES string of the molecule is CCCNc1nc(N(CC)CCC#N)c2ccsc2n1. The molecule has 0 bridgehead atoms. The summed E-state index contributed by atoms with van der Waals surface area (Å²) in [5.74, 6) is 1.60. The normalized spacial score (nSPS) is 10.4. The van der Waals surface area contributed by atoms with Crippen LogP contribution in [-0.4, -0.2) is 29.6 Å². The second-order valence-electron chi connectivity index (χ2n) is 4.42. The molecule has 0 aliphatic heterocycles. The van der Waals surface area contributed by atoms with Crippen LogP contribution in [0.4, 0.5) is 11.8 Å². The van der Waals surface area contributed by atoms with Crippen molar-refractivity contribution in [2.24, 2.45) is 0 Å². The van der Waals surface area contributed by atoms with Crippen LogP contribution in [0.5, 0.6) is 0 Å². The van der Waals surface area contributed by atoms with Crippen LogP contribution in [0.25, 0.3) is 10.2 Å². The molecule has 0 aromatic carbocycles. The molecule has 0 radical (unpaired) electrons. The van der Waals surface area contributed by atoms with Gasteiger partial charge in [0.25, 0.3) is 0 Å². The molecule has 0 aliphatic rings. The van der Waals surface area contributed by atoms with Gasteiger partial charge in [0.05, 0.1) is 17.9 Å². The van der Waals surface area contributed by atoms with Crippen LogP contribution in [0.1, 0.15) is 26.7 Å². The first-order chi connectivity index (χ1) is 9.80. The maximum absolute atomic E-state index is 8.78. The average Bonchev–Trinajstić information content (AvgIpc) is 2.94. The van der Waals surface area contributed by atoms with Crippen LogP contribution in [0.3, 0.4) is 0 Å². The summed E-state index contributed by atoms with van der Waals surface area (Å²) in [6, 6.07) is 4.24. The fourth-order valence-electron chi connectivity index (χ4n) is 2.00. The molecule has 2 aromatic heterocycles. The van der Waals surface area contributed by atoms with E-state index in [1.54, 1.807) is 11.3 Å². The Morgan fingerprint density at radius 3 is 2.95 bits per heavy atom. The maximum Gasteiger partial charge on any atom is 0.226 e. The fourth-order valence-corrected chi connectivity index (χ4v) is 2.75. The molecular formula is C14H19N5S. The van der Waals surface area contributed by atoms with Crippen LogP contribution in [-0.2, 0) is 0 Å². The number of nitrogens with zero attached hydrogens (tertiary/aromatic N) is 4. The summed E-state index contributed by atoms with van der Waals surface area (Å²) in [5, 5.41) is 15.1. The van der Waals surface area contributed by atoms with Gasteiger partial charge in [-0.3, -0.25) is 0 Å². The van der Waals surface area contributed by atoms with Gasteiger partial charge in [0, 0.05) is 19.6 Å². The highest BCUT2D eigenvalue weighted by atomic mass is 32.1. The summed E-state index contributed by atoms with van der Waals surface area (Å²) in [6.45, 7) is 6.58. The van der Waals surface area contributed by atoms with Gasteiger partial charge in [-0.25, -0.2) is 4.98 Å². The van der Waals surface area contributed by atoms with Crippen molar-refractivity contribution in [1.82, 2.24) is 9.97 Å². The molecule has 0 fully saturated rings. The van der Waals surface area contributed by atoms with Gasteiger partial charge in [0.1, 0.15) is 10.6 Å². The molecule has 20 heavy (non-hydrogen) atoms. The van der Waals surface area contributed by atoms with E-state index in [1.807, 2.05) is 11.4 Å². The monoisotopic (exact) mass is 289 g/mol. The third-order valence-electron chi connectivity index (χ3n) is 3.01. The van der Waals surface area contributed by atoms with E-state index in [-0.39, 0.29) is 0 Å². The molecule has 2 rings (SSSR count). The lowest BCUT2D eigenvalue weighted by Crippen LogP contribution is -2.25. The van der Waals surface area contributed by atoms with E-state index in [2.05, 4.69) is 40.1 Å². The Hall–Kier alpha value is -1.87. The second kappa shape index (κ2) is 7.06. The van der Waals surface area contributed by atoms with Gasteiger partial charge < -0.3 is 10.2 Å². The Morgan fingerprint density at radius 1 is 1.40 bits per heavy atom. The third kappa shape index (κ3) is 3.17. The molecular weight excluding hydrogens is 270 g/mol. The maximum atomic E-state index is 8.78. The van der Waals surface area contributed by atoms with Crippen LogP contribution < -0.4 is 10.2 Å². The molecule has 5 nitrogen and oxygen atoms in total. The molecule has 2 heterocycles. The van der Waals surface area contributed by atoms with Crippen molar-refractivity contribution in [3.05, 3.63) is 11.4 Å². The Labute approximate surface area is 123 Å². The molecule has 0 aliphatic carbocycles. The third-order valence-corrected chi connectivity index (χ3v) is 3.82. The minimum absolute atomic E-state index is 0.501. The Balaban J connectivity index is 2.37. The zero-order valence-corrected chi connectivity index (χ0v) is 12.7. The topological polar surface area (TPSA) is 64.8 Å². The first-order valence-corrected chi connectivity index (χ1v) is 7.79. The Morgan fingerprint density at radius 2 is 2.25 bits per heavy atom. The molecule has 0 amide bonds. The molecule has 0 atom stereocenters. The smallest absolute Gasteiger partial charge is 0.226 e. The molecule has 0 unspecified atom stereocenters. The predicted octanol–water partition coefficient (Wildman–Crippen LogP) is 3.25. The zero-order chi connectivity index (χ0) is 14.4. The lowest BCUT2D eigenvalue weighted by molar-refractivity contribution is 0.813. The summed E-state index contributed by atoms with van der Waals surface area (Å²) in [4.78, 5) is 12.3. The van der Waals surface area contributed by atoms with Gasteiger partial charge in [-0.2, -0.15) is 10.2 Å². The lowest BCUT2D eigenvalue weighted by atomic mass is 10.3. The Kier molecular flexibility index (Phi) is 5.13. The van der Waals surface area contributed by atoms with Crippen molar-refractivity contribution in [2.45, 2.75) is 26.7 Å². The molecule has 106 valence electrons. The van der Waals surface area contributed by atoms with Gasteiger partial charge in [0.15, 0.2) is 0 Å². The van der Waals surface area contributed by atoms with Crippen molar-refractivity contribution in [3.8, 4) is 6.07 Å². The molecule has 0 spiro atoms. The second-order valence-corrected chi connectivity index (χ2v) is 5.32. The van der Waals surface area contributed by atoms with Crippen molar-refractivity contribution in [1.29, 1.82) is 5.26 Å². The molecule has 6 heteroatoms. The van der Waals surface area contributed by atoms with Gasteiger partial charge in [-0.15, -0.1) is 11.3 Å². The largest absolute Gasteiger partial charge is 0.355 e. The van der Waals surface area contributed by atoms with E-state index in [9.17, 15) is 0 Å². The first-order valence-electron chi connectivity index (χ1n) is 6.91. The Bertz CT molecular complexity index is 601. The summed E-state index contributed by atoms with van der Waals surface area (Å²) in [7, 11) is 0. The van der Waals surface area contributed by atoms with Crippen molar-refractivity contribution in [2.75, 3.05) is 29.9 Å². The average molecular weight is 289 g/mol. The molecule has 0 saturated heterocycles. The minimum Gasteiger partial charge on any atom is -0.355 e. The highest BCUT2D eigenvalue weighted by molar-refractivity contribution is 7.16. The van der Waals surface area contributed by atoms with Gasteiger partial charge >= 0.3 is 0 Å². The van der Waals surface area contributed by atoms with Crippen LogP contribution >= 0.6 is 11.3 Å². The van der Waals surface area contributed by atoms with Crippen LogP contribution in [0.15, 0.2) is 11.4 Å². The van der Waals surface area contributed by atoms with E-state index < -0.39 is 0 Å². The number of hydrogen-bond acceptors (Lipinski definition) is 6. The minimum atomic E-state index is 0.501. The first kappa shape index (κ1) is 14.5. The highest BCUT2D eigenvalue weighted by Crippen LogP contribution is 2.29. The number of nitrogens with one attached hydrogen (secondary N) is 1. The van der Waals surface area contributed by atoms with E-state index in [0.717, 1.165) is 35.5 Å². The number of aromatic nitrogens is 2. The predicted molar refractivity (Wildman–Crippen MR) is 84.3 cm³/mol. The van der Waals surface area contributed by atoms with Crippen molar-refractivity contribution >= 4 is 33.3 Å². The quantitative estimate of drug-likeness (QED) is 0.847. The summed E-state index contributed by atoms with van der Waals surface area (Å²) in [6.07, 6.45) is 1.54. The lowest BCUT2D eigenvalue weighted by Gasteiger charge is -2.22. The van der Waals surface area contributed by atoms with E-state index in [1.165, 1.54) is 0 Å². The molecule has 0 saturated carbocycles. The highest BCUT2D eigenvalue weighted by Gasteiger charge is 2.14. The number of anilines is 2. The number of nitriles is 1. The number of thiophene rings is 1. The summed E-state index contributed by atoms with van der Waals surface area (Å²) in [5.41, 5.74) is 0. The summed E-state index contributed by atoms with van der Waals surface area (Å²) < 4.78 is 0. The fraction of sp³-hybridized carbons (Fsp3) is 0.500. The molecule has 2 aromatic rings. The van der Waals surface area contributed by atoms with Crippen molar-refractivity contribution in [3.63, 3.8) is 0 Å². The number of fused-ring (bicyclic) bond motifs is 1. The van der Waals surface area contributed by atoms with Crippen LogP contribution in [0, 0.1) is 11.3 Å². The van der Waals surface area contributed by atoms with Gasteiger partial charge in [-0.05, 0) is 24.8 Å². The van der Waals surface area contributed by atoms with Gasteiger partial charge in [0.2, 0.25) is 5.95 Å². The summed E-state index contributed by atoms with van der Waals surface area (Å²) >= 11 is 1.62. The molecule has 1 N–H and O–H groups in total. The van der Waals surface area contributed by atoms with Crippen molar-refractivity contribution < 1.29 is 0 Å².